The van der Waals surface area contributed by atoms with Crippen LogP contribution in [0.3, 0.4) is 0 Å². The van der Waals surface area contributed by atoms with Crippen molar-refractivity contribution in [1.82, 2.24) is 10.2 Å². The molecule has 1 aliphatic carbocycles. The van der Waals surface area contributed by atoms with E-state index in [1.54, 1.807) is 0 Å². The van der Waals surface area contributed by atoms with Gasteiger partial charge in [-0.1, -0.05) is 0 Å². The van der Waals surface area contributed by atoms with Crippen molar-refractivity contribution in [3.05, 3.63) is 0 Å². The number of hydrogen-bond acceptors (Lipinski definition) is 2. The number of halogens is 1. The molecule has 1 aliphatic heterocycles. The number of piperazine rings is 1. The minimum absolute atomic E-state index is 0. The molecule has 1 heterocycles. The predicted octanol–water partition coefficient (Wildman–Crippen LogP) is 0.250. The van der Waals surface area contributed by atoms with Gasteiger partial charge in [0.1, 0.15) is 0 Å². The van der Waals surface area contributed by atoms with Crippen molar-refractivity contribution in [2.75, 3.05) is 26.2 Å². The van der Waals surface area contributed by atoms with E-state index < -0.39 is 0 Å². The lowest BCUT2D eigenvalue weighted by molar-refractivity contribution is -0.133. The fourth-order valence-electron chi connectivity index (χ4n) is 1.47. The van der Waals surface area contributed by atoms with Crippen molar-refractivity contribution < 1.29 is 4.79 Å². The van der Waals surface area contributed by atoms with Crippen LogP contribution in [-0.2, 0) is 4.79 Å². The summed E-state index contributed by atoms with van der Waals surface area (Å²) in [6.07, 6.45) is 2.26. The number of carbonyl (C=O) groups excluding carboxylic acids is 1. The lowest BCUT2D eigenvalue weighted by Gasteiger charge is -2.27. The Morgan fingerprint density at radius 3 is 2.33 bits per heavy atom. The standard InChI is InChI=1S/C8H14N2O.ClH/c11-8(7-1-2-7)10-5-3-9-4-6-10;/h7,9H,1-6H2;1H. The van der Waals surface area contributed by atoms with Gasteiger partial charge in [0.2, 0.25) is 5.91 Å². The molecule has 2 aliphatic rings. The zero-order chi connectivity index (χ0) is 7.68. The van der Waals surface area contributed by atoms with E-state index in [0.717, 1.165) is 39.0 Å². The maximum absolute atomic E-state index is 11.5. The summed E-state index contributed by atoms with van der Waals surface area (Å²) in [5, 5.41) is 3.24. The van der Waals surface area contributed by atoms with Crippen molar-refractivity contribution >= 4 is 18.3 Å². The Kier molecular flexibility index (Phi) is 3.35. The predicted molar refractivity (Wildman–Crippen MR) is 49.4 cm³/mol. The van der Waals surface area contributed by atoms with E-state index in [0.29, 0.717) is 11.8 Å². The van der Waals surface area contributed by atoms with Gasteiger partial charge in [0.25, 0.3) is 0 Å². The van der Waals surface area contributed by atoms with Crippen LogP contribution in [0.4, 0.5) is 0 Å². The van der Waals surface area contributed by atoms with E-state index in [9.17, 15) is 4.79 Å². The van der Waals surface area contributed by atoms with E-state index >= 15 is 0 Å². The molecule has 1 N–H and O–H groups in total. The van der Waals surface area contributed by atoms with Crippen LogP contribution >= 0.6 is 12.4 Å². The van der Waals surface area contributed by atoms with Gasteiger partial charge in [0, 0.05) is 32.1 Å². The molecule has 0 aromatic carbocycles. The maximum Gasteiger partial charge on any atom is 0.225 e. The van der Waals surface area contributed by atoms with Crippen molar-refractivity contribution in [1.29, 1.82) is 0 Å². The van der Waals surface area contributed by atoms with E-state index in [1.807, 2.05) is 4.90 Å². The summed E-state index contributed by atoms with van der Waals surface area (Å²) >= 11 is 0. The van der Waals surface area contributed by atoms with E-state index in [2.05, 4.69) is 5.32 Å². The largest absolute Gasteiger partial charge is 0.340 e. The highest BCUT2D eigenvalue weighted by Crippen LogP contribution is 2.30. The van der Waals surface area contributed by atoms with Crippen LogP contribution in [0.25, 0.3) is 0 Å². The Morgan fingerprint density at radius 2 is 1.83 bits per heavy atom. The molecular weight excluding hydrogens is 176 g/mol. The van der Waals surface area contributed by atoms with Crippen molar-refractivity contribution in [2.45, 2.75) is 12.8 Å². The molecule has 12 heavy (non-hydrogen) atoms. The molecule has 3 nitrogen and oxygen atoms in total. The van der Waals surface area contributed by atoms with Crippen molar-refractivity contribution in [3.8, 4) is 0 Å². The van der Waals surface area contributed by atoms with E-state index in [4.69, 9.17) is 0 Å². The number of nitrogens with one attached hydrogen (secondary N) is 1. The van der Waals surface area contributed by atoms with Crippen molar-refractivity contribution in [3.63, 3.8) is 0 Å². The van der Waals surface area contributed by atoms with Crippen LogP contribution in [-0.4, -0.2) is 37.0 Å². The molecule has 0 radical (unpaired) electrons. The molecular formula is C8H15ClN2O. The smallest absolute Gasteiger partial charge is 0.225 e. The normalized spacial score (nSPS) is 23.2. The second-order valence-electron chi connectivity index (χ2n) is 3.35. The van der Waals surface area contributed by atoms with Crippen molar-refractivity contribution in [2.24, 2.45) is 5.92 Å². The molecule has 0 aromatic rings. The van der Waals surface area contributed by atoms with E-state index in [1.165, 1.54) is 0 Å². The third-order valence-electron chi connectivity index (χ3n) is 2.36. The number of nitrogens with zero attached hydrogens (tertiary/aromatic N) is 1. The fraction of sp³-hybridized carbons (Fsp3) is 0.875. The first-order valence-electron chi connectivity index (χ1n) is 4.37. The Morgan fingerprint density at radius 1 is 1.25 bits per heavy atom. The molecule has 4 heteroatoms. The summed E-state index contributed by atoms with van der Waals surface area (Å²) in [5.41, 5.74) is 0. The van der Waals surface area contributed by atoms with Gasteiger partial charge in [-0.3, -0.25) is 4.79 Å². The molecule has 0 aromatic heterocycles. The first kappa shape index (κ1) is 9.81. The lowest BCUT2D eigenvalue weighted by atomic mass is 10.3. The number of hydrogen-bond donors (Lipinski definition) is 1. The number of carbonyl (C=O) groups is 1. The number of amides is 1. The molecule has 0 bridgehead atoms. The molecule has 2 rings (SSSR count). The molecule has 0 atom stereocenters. The van der Waals surface area contributed by atoms with E-state index in [-0.39, 0.29) is 12.4 Å². The lowest BCUT2D eigenvalue weighted by Crippen LogP contribution is -2.46. The topological polar surface area (TPSA) is 32.3 Å². The summed E-state index contributed by atoms with van der Waals surface area (Å²) in [5.74, 6) is 0.791. The van der Waals surface area contributed by atoms with Crippen LogP contribution in [0.2, 0.25) is 0 Å². The van der Waals surface area contributed by atoms with Gasteiger partial charge in [-0.05, 0) is 12.8 Å². The Hall–Kier alpha value is -0.280. The van der Waals surface area contributed by atoms with Crippen LogP contribution in [0, 0.1) is 5.92 Å². The molecule has 70 valence electrons. The first-order valence-corrected chi connectivity index (χ1v) is 4.37. The Balaban J connectivity index is 0.000000720. The van der Waals surface area contributed by atoms with Gasteiger partial charge in [0.15, 0.2) is 0 Å². The van der Waals surface area contributed by atoms with Crippen LogP contribution in [0.1, 0.15) is 12.8 Å². The quantitative estimate of drug-likeness (QED) is 0.643. The second kappa shape index (κ2) is 4.10. The first-order chi connectivity index (χ1) is 5.38. The minimum atomic E-state index is 0. The van der Waals surface area contributed by atoms with Gasteiger partial charge in [0.05, 0.1) is 0 Å². The Labute approximate surface area is 78.9 Å². The van der Waals surface area contributed by atoms with Gasteiger partial charge in [-0.25, -0.2) is 0 Å². The SMILES string of the molecule is Cl.O=C(C1CC1)N1CCNCC1. The molecule has 0 spiro atoms. The summed E-state index contributed by atoms with van der Waals surface area (Å²) < 4.78 is 0. The summed E-state index contributed by atoms with van der Waals surface area (Å²) in [6.45, 7) is 3.77. The van der Waals surface area contributed by atoms with Gasteiger partial charge < -0.3 is 10.2 Å². The summed E-state index contributed by atoms with van der Waals surface area (Å²) in [7, 11) is 0. The average molecular weight is 191 g/mol. The maximum atomic E-state index is 11.5. The van der Waals surface area contributed by atoms with Crippen LogP contribution < -0.4 is 5.32 Å². The molecule has 0 unspecified atom stereocenters. The molecule has 1 amide bonds. The molecule has 1 saturated carbocycles. The third-order valence-corrected chi connectivity index (χ3v) is 2.36. The highest BCUT2D eigenvalue weighted by atomic mass is 35.5. The second-order valence-corrected chi connectivity index (χ2v) is 3.35. The monoisotopic (exact) mass is 190 g/mol. The van der Waals surface area contributed by atoms with Crippen LogP contribution in [0.5, 0.6) is 0 Å². The van der Waals surface area contributed by atoms with Gasteiger partial charge in [-0.15, -0.1) is 12.4 Å². The van der Waals surface area contributed by atoms with Crippen LogP contribution in [0.15, 0.2) is 0 Å². The van der Waals surface area contributed by atoms with Gasteiger partial charge in [-0.2, -0.15) is 0 Å². The third kappa shape index (κ3) is 2.11. The highest BCUT2D eigenvalue weighted by Gasteiger charge is 2.33. The Bertz CT molecular complexity index is 164. The molecule has 1 saturated heterocycles. The number of rotatable bonds is 1. The summed E-state index contributed by atoms with van der Waals surface area (Å²) in [6, 6.07) is 0. The summed E-state index contributed by atoms with van der Waals surface area (Å²) in [4.78, 5) is 13.5. The average Bonchev–Trinajstić information content (AvgIpc) is 2.87. The highest BCUT2D eigenvalue weighted by molar-refractivity contribution is 5.85. The molecule has 2 fully saturated rings. The fourth-order valence-corrected chi connectivity index (χ4v) is 1.47. The van der Waals surface area contributed by atoms with Gasteiger partial charge >= 0.3 is 0 Å². The minimum Gasteiger partial charge on any atom is -0.340 e. The zero-order valence-corrected chi connectivity index (χ0v) is 7.90. The zero-order valence-electron chi connectivity index (χ0n) is 7.08.